The second kappa shape index (κ2) is 6.41. The van der Waals surface area contributed by atoms with Crippen LogP contribution in [0, 0.1) is 6.92 Å². The average molecular weight is 277 g/mol. The molecule has 2 heterocycles. The Kier molecular flexibility index (Phi) is 4.61. The van der Waals surface area contributed by atoms with E-state index < -0.39 is 6.04 Å². The minimum absolute atomic E-state index is 0.186. The normalized spacial score (nSPS) is 18.7. The second-order valence-electron chi connectivity index (χ2n) is 4.72. The van der Waals surface area contributed by atoms with Crippen molar-refractivity contribution in [3.8, 4) is 0 Å². The molecule has 0 aliphatic carbocycles. The molecule has 1 aromatic heterocycles. The van der Waals surface area contributed by atoms with Gasteiger partial charge in [0.1, 0.15) is 17.6 Å². The van der Waals surface area contributed by atoms with E-state index in [0.717, 1.165) is 12.2 Å². The zero-order valence-electron chi connectivity index (χ0n) is 11.8. The highest BCUT2D eigenvalue weighted by atomic mass is 16.5. The number of nitrogens with zero attached hydrogens (tertiary/aromatic N) is 1. The van der Waals surface area contributed by atoms with Gasteiger partial charge in [-0.15, -0.1) is 0 Å². The van der Waals surface area contributed by atoms with E-state index in [2.05, 4.69) is 0 Å². The average Bonchev–Trinajstić information content (AvgIpc) is 3.05. The highest BCUT2D eigenvalue weighted by molar-refractivity contribution is 5.94. The first-order chi connectivity index (χ1) is 9.61. The third-order valence-corrected chi connectivity index (χ3v) is 3.25. The number of amides is 1. The lowest BCUT2D eigenvalue weighted by Gasteiger charge is -2.21. The Morgan fingerprint density at radius 1 is 1.50 bits per heavy atom. The van der Waals surface area contributed by atoms with Crippen molar-refractivity contribution in [3.63, 3.8) is 0 Å². The van der Waals surface area contributed by atoms with Crippen molar-refractivity contribution in [2.24, 2.45) is 0 Å². The van der Waals surface area contributed by atoms with Gasteiger partial charge < -0.3 is 14.1 Å². The number of rotatable bonds is 4. The monoisotopic (exact) mass is 277 g/mol. The Morgan fingerprint density at radius 2 is 2.30 bits per heavy atom. The summed E-state index contributed by atoms with van der Waals surface area (Å²) in [4.78, 5) is 25.5. The SMILES string of the molecule is CCOC(=O)C1CCCN1C(=O)C=Cc1ccc(C)o1. The van der Waals surface area contributed by atoms with Gasteiger partial charge in [0, 0.05) is 12.6 Å². The van der Waals surface area contributed by atoms with Gasteiger partial charge in [-0.25, -0.2) is 4.79 Å². The highest BCUT2D eigenvalue weighted by Crippen LogP contribution is 2.19. The van der Waals surface area contributed by atoms with Gasteiger partial charge in [0.05, 0.1) is 6.61 Å². The van der Waals surface area contributed by atoms with Crippen molar-refractivity contribution >= 4 is 18.0 Å². The van der Waals surface area contributed by atoms with Crippen molar-refractivity contribution < 1.29 is 18.7 Å². The Hall–Kier alpha value is -2.04. The van der Waals surface area contributed by atoms with E-state index >= 15 is 0 Å². The van der Waals surface area contributed by atoms with Crippen LogP contribution in [0.3, 0.4) is 0 Å². The Labute approximate surface area is 118 Å². The molecule has 5 nitrogen and oxygen atoms in total. The number of hydrogen-bond acceptors (Lipinski definition) is 4. The van der Waals surface area contributed by atoms with Crippen molar-refractivity contribution in [2.45, 2.75) is 32.7 Å². The smallest absolute Gasteiger partial charge is 0.328 e. The molecule has 0 saturated carbocycles. The lowest BCUT2D eigenvalue weighted by Crippen LogP contribution is -2.40. The minimum atomic E-state index is -0.453. The van der Waals surface area contributed by atoms with Crippen LogP contribution in [-0.4, -0.2) is 36.0 Å². The molecule has 108 valence electrons. The van der Waals surface area contributed by atoms with Gasteiger partial charge in [-0.05, 0) is 44.9 Å². The maximum atomic E-state index is 12.1. The molecule has 1 aliphatic rings. The van der Waals surface area contributed by atoms with Crippen molar-refractivity contribution in [2.75, 3.05) is 13.2 Å². The Balaban J connectivity index is 2.00. The zero-order valence-corrected chi connectivity index (χ0v) is 11.8. The molecular weight excluding hydrogens is 258 g/mol. The number of esters is 1. The predicted octanol–water partition coefficient (Wildman–Crippen LogP) is 2.16. The van der Waals surface area contributed by atoms with Crippen LogP contribution in [0.1, 0.15) is 31.3 Å². The Bertz CT molecular complexity index is 518. The lowest BCUT2D eigenvalue weighted by atomic mass is 10.2. The van der Waals surface area contributed by atoms with Crippen LogP contribution in [0.5, 0.6) is 0 Å². The molecule has 0 spiro atoms. The summed E-state index contributed by atoms with van der Waals surface area (Å²) >= 11 is 0. The molecule has 0 N–H and O–H groups in total. The summed E-state index contributed by atoms with van der Waals surface area (Å²) in [6.45, 7) is 4.53. The molecule has 0 radical (unpaired) electrons. The molecule has 1 saturated heterocycles. The molecule has 1 atom stereocenters. The first-order valence-electron chi connectivity index (χ1n) is 6.83. The first-order valence-corrected chi connectivity index (χ1v) is 6.83. The van der Waals surface area contributed by atoms with E-state index in [-0.39, 0.29) is 11.9 Å². The number of ether oxygens (including phenoxy) is 1. The van der Waals surface area contributed by atoms with Gasteiger partial charge in [-0.3, -0.25) is 4.79 Å². The number of aryl methyl sites for hydroxylation is 1. The lowest BCUT2D eigenvalue weighted by molar-refractivity contribution is -0.151. The minimum Gasteiger partial charge on any atom is -0.464 e. The summed E-state index contributed by atoms with van der Waals surface area (Å²) in [6, 6.07) is 3.18. The number of carbonyl (C=O) groups is 2. The number of likely N-dealkylation sites (tertiary alicyclic amines) is 1. The van der Waals surface area contributed by atoms with Gasteiger partial charge in [-0.2, -0.15) is 0 Å². The van der Waals surface area contributed by atoms with E-state index in [0.29, 0.717) is 25.3 Å². The molecule has 1 unspecified atom stereocenters. The van der Waals surface area contributed by atoms with E-state index in [1.165, 1.54) is 6.08 Å². The summed E-state index contributed by atoms with van der Waals surface area (Å²) in [7, 11) is 0. The fraction of sp³-hybridized carbons (Fsp3) is 0.467. The highest BCUT2D eigenvalue weighted by Gasteiger charge is 2.34. The topological polar surface area (TPSA) is 59.8 Å². The first kappa shape index (κ1) is 14.4. The van der Waals surface area contributed by atoms with Crippen LogP contribution >= 0.6 is 0 Å². The Morgan fingerprint density at radius 3 is 2.95 bits per heavy atom. The van der Waals surface area contributed by atoms with Gasteiger partial charge >= 0.3 is 5.97 Å². The van der Waals surface area contributed by atoms with Crippen molar-refractivity contribution in [3.05, 3.63) is 29.7 Å². The molecule has 1 fully saturated rings. The van der Waals surface area contributed by atoms with Crippen LogP contribution in [-0.2, 0) is 14.3 Å². The standard InChI is InChI=1S/C15H19NO4/c1-3-19-15(18)13-5-4-10-16(13)14(17)9-8-12-7-6-11(2)20-12/h6-9,13H,3-5,10H2,1-2H3. The summed E-state index contributed by atoms with van der Waals surface area (Å²) in [6.07, 6.45) is 4.55. The summed E-state index contributed by atoms with van der Waals surface area (Å²) in [5, 5.41) is 0. The molecule has 5 heteroatoms. The zero-order chi connectivity index (χ0) is 14.5. The van der Waals surface area contributed by atoms with Crippen LogP contribution < -0.4 is 0 Å². The maximum absolute atomic E-state index is 12.1. The molecular formula is C15H19NO4. The predicted molar refractivity (Wildman–Crippen MR) is 73.8 cm³/mol. The van der Waals surface area contributed by atoms with E-state index in [9.17, 15) is 9.59 Å². The molecule has 1 aliphatic heterocycles. The maximum Gasteiger partial charge on any atom is 0.328 e. The van der Waals surface area contributed by atoms with E-state index in [4.69, 9.17) is 9.15 Å². The number of carbonyl (C=O) groups excluding carboxylic acids is 2. The van der Waals surface area contributed by atoms with Gasteiger partial charge in [0.25, 0.3) is 0 Å². The third kappa shape index (κ3) is 3.29. The van der Waals surface area contributed by atoms with E-state index in [1.807, 2.05) is 13.0 Å². The third-order valence-electron chi connectivity index (χ3n) is 3.25. The van der Waals surface area contributed by atoms with E-state index in [1.54, 1.807) is 24.0 Å². The van der Waals surface area contributed by atoms with Crippen molar-refractivity contribution in [1.29, 1.82) is 0 Å². The summed E-state index contributed by atoms with van der Waals surface area (Å²) in [5.74, 6) is 0.917. The summed E-state index contributed by atoms with van der Waals surface area (Å²) in [5.41, 5.74) is 0. The quantitative estimate of drug-likeness (QED) is 0.625. The molecule has 2 rings (SSSR count). The fourth-order valence-corrected chi connectivity index (χ4v) is 2.31. The van der Waals surface area contributed by atoms with Gasteiger partial charge in [0.2, 0.25) is 5.91 Å². The number of hydrogen-bond donors (Lipinski definition) is 0. The van der Waals surface area contributed by atoms with Gasteiger partial charge in [0.15, 0.2) is 0 Å². The van der Waals surface area contributed by atoms with Crippen LogP contribution in [0.25, 0.3) is 6.08 Å². The summed E-state index contributed by atoms with van der Waals surface area (Å²) < 4.78 is 10.4. The number of furan rings is 1. The van der Waals surface area contributed by atoms with Crippen LogP contribution in [0.15, 0.2) is 22.6 Å². The van der Waals surface area contributed by atoms with Crippen LogP contribution in [0.4, 0.5) is 0 Å². The van der Waals surface area contributed by atoms with Crippen LogP contribution in [0.2, 0.25) is 0 Å². The molecule has 20 heavy (non-hydrogen) atoms. The second-order valence-corrected chi connectivity index (χ2v) is 4.72. The fourth-order valence-electron chi connectivity index (χ4n) is 2.31. The molecule has 1 aromatic rings. The van der Waals surface area contributed by atoms with Gasteiger partial charge in [-0.1, -0.05) is 0 Å². The van der Waals surface area contributed by atoms with Crippen molar-refractivity contribution in [1.82, 2.24) is 4.90 Å². The molecule has 1 amide bonds. The molecule has 0 bridgehead atoms. The molecule has 0 aromatic carbocycles. The largest absolute Gasteiger partial charge is 0.464 e.